The van der Waals surface area contributed by atoms with Crippen molar-refractivity contribution in [2.45, 2.75) is 24.3 Å². The molecule has 10 heteroatoms. The van der Waals surface area contributed by atoms with E-state index >= 15 is 0 Å². The number of carbonyl (C=O) groups is 1. The molecule has 4 N–H and O–H groups in total. The number of nitrogens with two attached hydrogens (primary N) is 1. The van der Waals surface area contributed by atoms with Crippen LogP contribution in [0.4, 0.5) is 5.69 Å². The molecule has 0 amide bonds. The number of sulfonamides is 1. The van der Waals surface area contributed by atoms with Crippen LogP contribution < -0.4 is 10.5 Å². The van der Waals surface area contributed by atoms with Crippen LogP contribution in [-0.4, -0.2) is 32.7 Å². The number of hydrogen-bond donors (Lipinski definition) is 3. The molecule has 3 rings (SSSR count). The predicted octanol–water partition coefficient (Wildman–Crippen LogP) is 2.69. The second-order valence-electron chi connectivity index (χ2n) is 5.43. The van der Waals surface area contributed by atoms with Crippen molar-refractivity contribution in [1.29, 1.82) is 0 Å². The second-order valence-corrected chi connectivity index (χ2v) is 7.37. The molecule has 8 nitrogen and oxygen atoms in total. The summed E-state index contributed by atoms with van der Waals surface area (Å²) in [7, 11) is -4.11. The van der Waals surface area contributed by atoms with Crippen LogP contribution >= 0.6 is 11.6 Å². The first-order valence-electron chi connectivity index (χ1n) is 7.72. The van der Waals surface area contributed by atoms with Crippen molar-refractivity contribution in [1.82, 2.24) is 0 Å². The number of carboxylic acids is 1. The van der Waals surface area contributed by atoms with E-state index in [0.717, 1.165) is 19.3 Å². The van der Waals surface area contributed by atoms with Crippen LogP contribution in [0.15, 0.2) is 39.8 Å². The van der Waals surface area contributed by atoms with Gasteiger partial charge < -0.3 is 19.6 Å². The number of halogens is 1. The molecule has 1 aliphatic rings. The Morgan fingerprint density at radius 2 is 2.00 bits per heavy atom. The Balaban J connectivity index is 0.000000417. The van der Waals surface area contributed by atoms with E-state index in [4.69, 9.17) is 31.0 Å². The number of nitrogens with one attached hydrogen (secondary N) is 1. The van der Waals surface area contributed by atoms with Crippen LogP contribution in [0.2, 0.25) is 5.02 Å². The van der Waals surface area contributed by atoms with Crippen LogP contribution in [0.25, 0.3) is 0 Å². The molecule has 0 aliphatic carbocycles. The molecule has 1 fully saturated rings. The molecule has 142 valence electrons. The van der Waals surface area contributed by atoms with Crippen molar-refractivity contribution < 1.29 is 27.5 Å². The highest BCUT2D eigenvalue weighted by molar-refractivity contribution is 7.89. The van der Waals surface area contributed by atoms with Crippen LogP contribution in [0, 0.1) is 0 Å². The van der Waals surface area contributed by atoms with Crippen molar-refractivity contribution in [3.8, 4) is 0 Å². The van der Waals surface area contributed by atoms with Gasteiger partial charge in [-0.05, 0) is 37.1 Å². The van der Waals surface area contributed by atoms with Crippen LogP contribution in [-0.2, 0) is 21.3 Å². The summed E-state index contributed by atoms with van der Waals surface area (Å²) in [5.74, 6) is -0.725. The van der Waals surface area contributed by atoms with Gasteiger partial charge in [-0.1, -0.05) is 11.6 Å². The number of aromatic carboxylic acids is 1. The fraction of sp³-hybridized carbons (Fsp3) is 0.312. The minimum absolute atomic E-state index is 0.163. The Morgan fingerprint density at radius 1 is 1.31 bits per heavy atom. The van der Waals surface area contributed by atoms with Crippen molar-refractivity contribution in [3.05, 3.63) is 46.9 Å². The number of anilines is 1. The maximum Gasteiger partial charge on any atom is 0.337 e. The predicted molar refractivity (Wildman–Crippen MR) is 95.9 cm³/mol. The highest BCUT2D eigenvalue weighted by atomic mass is 35.5. The molecular formula is C16H19ClN2O6S. The molecule has 1 saturated heterocycles. The molecule has 0 unspecified atom stereocenters. The molecule has 0 bridgehead atoms. The van der Waals surface area contributed by atoms with Crippen LogP contribution in [0.5, 0.6) is 0 Å². The Morgan fingerprint density at radius 3 is 2.46 bits per heavy atom. The molecule has 2 aromatic rings. The number of furan rings is 1. The third kappa shape index (κ3) is 5.73. The van der Waals surface area contributed by atoms with Gasteiger partial charge in [0.15, 0.2) is 0 Å². The number of carboxylic acid groups (broad SMARTS) is 1. The van der Waals surface area contributed by atoms with Crippen LogP contribution in [0.3, 0.4) is 0 Å². The average Bonchev–Trinajstić information content (AvgIpc) is 3.27. The van der Waals surface area contributed by atoms with Crippen molar-refractivity contribution in [2.75, 3.05) is 18.5 Å². The van der Waals surface area contributed by atoms with Gasteiger partial charge in [0.1, 0.15) is 10.7 Å². The first-order chi connectivity index (χ1) is 12.3. The topological polar surface area (TPSA) is 132 Å². The standard InChI is InChI=1S/C12H11ClN2O5S.C4H8O/c13-9-5-10(15-6-7-2-1-3-20-7)8(12(16)17)4-11(9)21(14,18)19;1-2-4-5-3-1/h1-5,15H,6H2,(H,16,17)(H2,14,18,19);1-4H2. The number of hydrogen-bond acceptors (Lipinski definition) is 6. The van der Waals surface area contributed by atoms with E-state index in [1.807, 2.05) is 0 Å². The Hall–Kier alpha value is -2.07. The molecule has 0 atom stereocenters. The largest absolute Gasteiger partial charge is 0.478 e. The zero-order valence-electron chi connectivity index (χ0n) is 13.8. The minimum atomic E-state index is -4.11. The van der Waals surface area contributed by atoms with Gasteiger partial charge >= 0.3 is 5.97 Å². The summed E-state index contributed by atoms with van der Waals surface area (Å²) >= 11 is 5.84. The van der Waals surface area contributed by atoms with E-state index < -0.39 is 20.9 Å². The molecule has 0 saturated carbocycles. The fourth-order valence-electron chi connectivity index (χ4n) is 2.20. The van der Waals surface area contributed by atoms with Gasteiger partial charge in [-0.25, -0.2) is 18.4 Å². The zero-order valence-corrected chi connectivity index (χ0v) is 15.3. The molecule has 1 aromatic heterocycles. The lowest BCUT2D eigenvalue weighted by Gasteiger charge is -2.11. The summed E-state index contributed by atoms with van der Waals surface area (Å²) < 4.78 is 32.7. The summed E-state index contributed by atoms with van der Waals surface area (Å²) in [6.45, 7) is 2.22. The summed E-state index contributed by atoms with van der Waals surface area (Å²) in [5, 5.41) is 16.8. The second kappa shape index (κ2) is 9.04. The van der Waals surface area contributed by atoms with Gasteiger partial charge in [-0.2, -0.15) is 0 Å². The average molecular weight is 403 g/mol. The third-order valence-electron chi connectivity index (χ3n) is 3.47. The fourth-order valence-corrected chi connectivity index (χ4v) is 3.30. The van der Waals surface area contributed by atoms with Crippen molar-refractivity contribution >= 4 is 33.3 Å². The first kappa shape index (κ1) is 20.2. The van der Waals surface area contributed by atoms with E-state index in [1.54, 1.807) is 12.1 Å². The monoisotopic (exact) mass is 402 g/mol. The highest BCUT2D eigenvalue weighted by Gasteiger charge is 2.20. The Kier molecular flexibility index (Phi) is 7.04. The van der Waals surface area contributed by atoms with Crippen LogP contribution in [0.1, 0.15) is 29.0 Å². The Bertz CT molecular complexity index is 840. The smallest absolute Gasteiger partial charge is 0.337 e. The van der Waals surface area contributed by atoms with Gasteiger partial charge in [0.2, 0.25) is 10.0 Å². The van der Waals surface area contributed by atoms with Gasteiger partial charge in [0.05, 0.1) is 29.1 Å². The van der Waals surface area contributed by atoms with E-state index in [-0.39, 0.29) is 22.8 Å². The zero-order chi connectivity index (χ0) is 19.2. The molecule has 0 radical (unpaired) electrons. The van der Waals surface area contributed by atoms with E-state index in [0.29, 0.717) is 5.76 Å². The number of benzene rings is 1. The number of rotatable bonds is 5. The summed E-state index contributed by atoms with van der Waals surface area (Å²) in [6.07, 6.45) is 4.03. The van der Waals surface area contributed by atoms with Crippen molar-refractivity contribution in [3.63, 3.8) is 0 Å². The number of primary sulfonamides is 1. The Labute approximate surface area is 155 Å². The normalized spacial score (nSPS) is 13.8. The highest BCUT2D eigenvalue weighted by Crippen LogP contribution is 2.28. The van der Waals surface area contributed by atoms with E-state index in [2.05, 4.69) is 5.32 Å². The lowest BCUT2D eigenvalue weighted by molar-refractivity contribution is 0.0697. The molecule has 2 heterocycles. The van der Waals surface area contributed by atoms with Gasteiger partial charge in [0, 0.05) is 13.2 Å². The maximum absolute atomic E-state index is 11.3. The van der Waals surface area contributed by atoms with Crippen molar-refractivity contribution in [2.24, 2.45) is 5.14 Å². The molecule has 0 spiro atoms. The molecule has 1 aliphatic heterocycles. The number of ether oxygens (including phenoxy) is 1. The van der Waals surface area contributed by atoms with E-state index in [1.165, 1.54) is 25.2 Å². The lowest BCUT2D eigenvalue weighted by Crippen LogP contribution is -2.15. The van der Waals surface area contributed by atoms with E-state index in [9.17, 15) is 13.2 Å². The van der Waals surface area contributed by atoms with Gasteiger partial charge in [-0.3, -0.25) is 0 Å². The molecular weight excluding hydrogens is 384 g/mol. The van der Waals surface area contributed by atoms with Gasteiger partial charge in [0.25, 0.3) is 0 Å². The lowest BCUT2D eigenvalue weighted by atomic mass is 10.1. The van der Waals surface area contributed by atoms with Gasteiger partial charge in [-0.15, -0.1) is 0 Å². The first-order valence-corrected chi connectivity index (χ1v) is 9.65. The quantitative estimate of drug-likeness (QED) is 0.700. The third-order valence-corrected chi connectivity index (χ3v) is 4.85. The SMILES string of the molecule is C1CCOC1.NS(=O)(=O)c1cc(C(=O)O)c(NCc2ccco2)cc1Cl. The summed E-state index contributed by atoms with van der Waals surface area (Å²) in [4.78, 5) is 10.8. The maximum atomic E-state index is 11.3. The minimum Gasteiger partial charge on any atom is -0.478 e. The molecule has 1 aromatic carbocycles. The molecule has 26 heavy (non-hydrogen) atoms. The summed E-state index contributed by atoms with van der Waals surface area (Å²) in [5.41, 5.74) is -0.0914. The summed E-state index contributed by atoms with van der Waals surface area (Å²) in [6, 6.07) is 5.51.